The molecule has 1 rings (SSSR count). The monoisotopic (exact) mass is 306 g/mol. The molecule has 20 heavy (non-hydrogen) atoms. The molecule has 9 heteroatoms. The highest BCUT2D eigenvalue weighted by Gasteiger charge is 2.25. The molecule has 1 atom stereocenters. The number of halogens is 1. The van der Waals surface area contributed by atoms with Gasteiger partial charge in [0.05, 0.1) is 15.9 Å². The van der Waals surface area contributed by atoms with Crippen molar-refractivity contribution in [2.24, 2.45) is 0 Å². The topological polar surface area (TPSA) is 101 Å². The quantitative estimate of drug-likeness (QED) is 0.627. The second kappa shape index (κ2) is 6.25. The number of benzene rings is 1. The van der Waals surface area contributed by atoms with Gasteiger partial charge >= 0.3 is 5.69 Å². The first kappa shape index (κ1) is 16.5. The zero-order valence-corrected chi connectivity index (χ0v) is 11.8. The summed E-state index contributed by atoms with van der Waals surface area (Å²) in [5.41, 5.74) is -0.894. The summed E-state index contributed by atoms with van der Waals surface area (Å²) in [5.74, 6) is -1.10. The number of hydrogen-bond donors (Lipinski definition) is 1. The van der Waals surface area contributed by atoms with Gasteiger partial charge in [0.2, 0.25) is 15.8 Å². The van der Waals surface area contributed by atoms with Gasteiger partial charge in [-0.25, -0.2) is 12.7 Å². The second-order valence-corrected chi connectivity index (χ2v) is 6.38. The predicted molar refractivity (Wildman–Crippen MR) is 69.2 cm³/mol. The summed E-state index contributed by atoms with van der Waals surface area (Å²) in [6.07, 6.45) is -0.450. The average molecular weight is 306 g/mol. The fraction of sp³-hybridized carbons (Fsp3) is 0.455. The van der Waals surface area contributed by atoms with Gasteiger partial charge in [-0.15, -0.1) is 0 Å². The van der Waals surface area contributed by atoms with Crippen LogP contribution in [0.5, 0.6) is 0 Å². The number of sulfonamides is 1. The Morgan fingerprint density at radius 1 is 1.50 bits per heavy atom. The van der Waals surface area contributed by atoms with Crippen molar-refractivity contribution in [2.75, 3.05) is 13.6 Å². The van der Waals surface area contributed by atoms with Crippen LogP contribution < -0.4 is 0 Å². The molecule has 1 aromatic rings. The van der Waals surface area contributed by atoms with Crippen LogP contribution in [0.2, 0.25) is 0 Å². The van der Waals surface area contributed by atoms with E-state index >= 15 is 0 Å². The zero-order valence-electron chi connectivity index (χ0n) is 11.0. The van der Waals surface area contributed by atoms with Gasteiger partial charge in [0.15, 0.2) is 0 Å². The lowest BCUT2D eigenvalue weighted by atomic mass is 10.3. The Morgan fingerprint density at radius 2 is 2.10 bits per heavy atom. The third-order valence-corrected chi connectivity index (χ3v) is 4.54. The van der Waals surface area contributed by atoms with Crippen LogP contribution >= 0.6 is 0 Å². The van der Waals surface area contributed by atoms with Crippen LogP contribution in [-0.2, 0) is 10.0 Å². The summed E-state index contributed by atoms with van der Waals surface area (Å²) < 4.78 is 38.4. The van der Waals surface area contributed by atoms with Gasteiger partial charge < -0.3 is 5.11 Å². The van der Waals surface area contributed by atoms with Gasteiger partial charge in [-0.3, -0.25) is 10.1 Å². The highest BCUT2D eigenvalue weighted by atomic mass is 32.2. The van der Waals surface area contributed by atoms with E-state index < -0.39 is 32.6 Å². The molecule has 0 aliphatic rings. The van der Waals surface area contributed by atoms with Crippen LogP contribution in [0, 0.1) is 15.9 Å². The van der Waals surface area contributed by atoms with E-state index in [0.29, 0.717) is 6.07 Å². The first-order valence-electron chi connectivity index (χ1n) is 5.74. The molecule has 0 bridgehead atoms. The number of aliphatic hydroxyl groups is 1. The van der Waals surface area contributed by atoms with Gasteiger partial charge in [0, 0.05) is 19.7 Å². The first-order chi connectivity index (χ1) is 9.16. The summed E-state index contributed by atoms with van der Waals surface area (Å²) >= 11 is 0. The highest BCUT2D eigenvalue weighted by molar-refractivity contribution is 7.89. The van der Waals surface area contributed by atoms with Gasteiger partial charge in [-0.2, -0.15) is 4.39 Å². The maximum absolute atomic E-state index is 13.2. The van der Waals surface area contributed by atoms with E-state index in [1.165, 1.54) is 14.0 Å². The van der Waals surface area contributed by atoms with Crippen molar-refractivity contribution in [1.29, 1.82) is 0 Å². The van der Waals surface area contributed by atoms with Crippen molar-refractivity contribution in [3.8, 4) is 0 Å². The third kappa shape index (κ3) is 3.71. The lowest BCUT2D eigenvalue weighted by molar-refractivity contribution is -0.387. The number of rotatable bonds is 6. The molecule has 0 aliphatic heterocycles. The number of aliphatic hydroxyl groups excluding tert-OH is 1. The lowest BCUT2D eigenvalue weighted by Gasteiger charge is -2.17. The van der Waals surface area contributed by atoms with Gasteiger partial charge in [-0.1, -0.05) is 0 Å². The van der Waals surface area contributed by atoms with E-state index in [1.54, 1.807) is 0 Å². The van der Waals surface area contributed by atoms with Gasteiger partial charge in [-0.05, 0) is 25.5 Å². The molecule has 0 spiro atoms. The van der Waals surface area contributed by atoms with Crippen LogP contribution in [0.4, 0.5) is 10.1 Å². The summed E-state index contributed by atoms with van der Waals surface area (Å²) in [5, 5.41) is 19.7. The van der Waals surface area contributed by atoms with Crippen molar-refractivity contribution in [3.63, 3.8) is 0 Å². The highest BCUT2D eigenvalue weighted by Crippen LogP contribution is 2.23. The molecule has 1 aromatic carbocycles. The molecule has 0 aliphatic carbocycles. The molecule has 0 aromatic heterocycles. The first-order valence-corrected chi connectivity index (χ1v) is 7.18. The Bertz CT molecular complexity index is 603. The maximum atomic E-state index is 13.2. The predicted octanol–water partition coefficient (Wildman–Crippen LogP) is 1.13. The normalized spacial score (nSPS) is 13.4. The average Bonchev–Trinajstić information content (AvgIpc) is 2.35. The van der Waals surface area contributed by atoms with E-state index in [2.05, 4.69) is 0 Å². The molecular weight excluding hydrogens is 291 g/mol. The van der Waals surface area contributed by atoms with Crippen molar-refractivity contribution in [1.82, 2.24) is 4.31 Å². The third-order valence-electron chi connectivity index (χ3n) is 2.68. The minimum absolute atomic E-state index is 0.0468. The van der Waals surface area contributed by atoms with Crippen molar-refractivity contribution in [3.05, 3.63) is 34.1 Å². The Morgan fingerprint density at radius 3 is 2.60 bits per heavy atom. The molecule has 0 fully saturated rings. The van der Waals surface area contributed by atoms with E-state index in [4.69, 9.17) is 5.11 Å². The lowest BCUT2D eigenvalue weighted by Crippen LogP contribution is -2.29. The van der Waals surface area contributed by atoms with E-state index in [9.17, 15) is 22.9 Å². The molecule has 0 amide bonds. The summed E-state index contributed by atoms with van der Waals surface area (Å²) in [6.45, 7) is 1.56. The Kier molecular flexibility index (Phi) is 5.15. The molecule has 0 saturated carbocycles. The maximum Gasteiger partial charge on any atom is 0.306 e. The van der Waals surface area contributed by atoms with Crippen molar-refractivity contribution < 1.29 is 22.8 Å². The van der Waals surface area contributed by atoms with Crippen molar-refractivity contribution in [2.45, 2.75) is 24.3 Å². The molecule has 1 N–H and O–H groups in total. The SMILES string of the molecule is CC(O)CCN(C)S(=O)(=O)c1ccc(F)c([N+](=O)[O-])c1. The molecule has 1 unspecified atom stereocenters. The number of nitro benzene ring substituents is 1. The fourth-order valence-corrected chi connectivity index (χ4v) is 2.67. The number of nitro groups is 1. The molecule has 0 radical (unpaired) electrons. The second-order valence-electron chi connectivity index (χ2n) is 4.33. The standard InChI is InChI=1S/C11H15FN2O5S/c1-8(15)5-6-13(2)20(18,19)9-3-4-10(12)11(7-9)14(16)17/h3-4,7-8,15H,5-6H2,1-2H3. The molecule has 0 heterocycles. The largest absolute Gasteiger partial charge is 0.393 e. The Hall–Kier alpha value is -1.58. The van der Waals surface area contributed by atoms with Crippen LogP contribution in [0.3, 0.4) is 0 Å². The molecule has 112 valence electrons. The fourth-order valence-electron chi connectivity index (χ4n) is 1.46. The van der Waals surface area contributed by atoms with Gasteiger partial charge in [0.25, 0.3) is 0 Å². The van der Waals surface area contributed by atoms with Crippen LogP contribution in [0.25, 0.3) is 0 Å². The molecule has 7 nitrogen and oxygen atoms in total. The smallest absolute Gasteiger partial charge is 0.306 e. The van der Waals surface area contributed by atoms with Crippen molar-refractivity contribution >= 4 is 15.7 Å². The van der Waals surface area contributed by atoms with Crippen LogP contribution in [0.15, 0.2) is 23.1 Å². The Labute approximate surface area is 115 Å². The summed E-state index contributed by atoms with van der Waals surface area (Å²) in [6, 6.07) is 2.40. The van der Waals surface area contributed by atoms with E-state index in [1.807, 2.05) is 0 Å². The number of nitrogens with zero attached hydrogens (tertiary/aromatic N) is 2. The minimum Gasteiger partial charge on any atom is -0.393 e. The van der Waals surface area contributed by atoms with E-state index in [-0.39, 0.29) is 17.9 Å². The summed E-state index contributed by atoms with van der Waals surface area (Å²) in [4.78, 5) is 9.27. The van der Waals surface area contributed by atoms with Gasteiger partial charge in [0.1, 0.15) is 0 Å². The molecular formula is C11H15FN2O5S. The summed E-state index contributed by atoms with van der Waals surface area (Å²) in [7, 11) is -2.67. The number of hydrogen-bond acceptors (Lipinski definition) is 5. The Balaban J connectivity index is 3.09. The zero-order chi connectivity index (χ0) is 15.5. The van der Waals surface area contributed by atoms with Crippen LogP contribution in [-0.4, -0.2) is 42.4 Å². The van der Waals surface area contributed by atoms with Crippen LogP contribution in [0.1, 0.15) is 13.3 Å². The molecule has 0 saturated heterocycles. The minimum atomic E-state index is -3.96. The van der Waals surface area contributed by atoms with E-state index in [0.717, 1.165) is 16.4 Å².